The van der Waals surface area contributed by atoms with Gasteiger partial charge >= 0.3 is 5.97 Å². The second-order valence-corrected chi connectivity index (χ2v) is 16.3. The molecule has 0 radical (unpaired) electrons. The van der Waals surface area contributed by atoms with Crippen LogP contribution in [0.25, 0.3) is 0 Å². The Kier molecular flexibility index (Phi) is 17.2. The summed E-state index contributed by atoms with van der Waals surface area (Å²) in [6, 6.07) is 16.8. The normalized spacial score (nSPS) is 22.3. The van der Waals surface area contributed by atoms with Crippen LogP contribution in [0.5, 0.6) is 11.5 Å². The monoisotopic (exact) mass is 713 g/mol. The molecule has 0 aromatic heterocycles. The van der Waals surface area contributed by atoms with E-state index in [1.54, 1.807) is 13.8 Å². The number of unbranched alkanes of at least 4 members (excludes halogenated alkanes) is 6. The molecule has 2 aliphatic carbocycles. The van der Waals surface area contributed by atoms with Gasteiger partial charge < -0.3 is 14.6 Å². The molecule has 0 spiro atoms. The quantitative estimate of drug-likeness (QED) is 0.0569. The van der Waals surface area contributed by atoms with E-state index in [4.69, 9.17) is 9.47 Å². The number of aliphatic hydroxyl groups is 1. The van der Waals surface area contributed by atoms with Gasteiger partial charge in [-0.15, -0.1) is 0 Å². The predicted molar refractivity (Wildman–Crippen MR) is 214 cm³/mol. The second kappa shape index (κ2) is 21.5. The van der Waals surface area contributed by atoms with E-state index in [-0.39, 0.29) is 11.2 Å². The van der Waals surface area contributed by atoms with E-state index in [9.17, 15) is 14.7 Å². The lowest BCUT2D eigenvalue weighted by Crippen LogP contribution is -2.33. The van der Waals surface area contributed by atoms with Gasteiger partial charge in [-0.1, -0.05) is 128 Å². The van der Waals surface area contributed by atoms with Crippen molar-refractivity contribution < 1.29 is 24.2 Å². The van der Waals surface area contributed by atoms with Crippen molar-refractivity contribution in [2.75, 3.05) is 6.61 Å². The van der Waals surface area contributed by atoms with Gasteiger partial charge in [0.15, 0.2) is 5.78 Å². The molecule has 4 rings (SSSR count). The van der Waals surface area contributed by atoms with Crippen molar-refractivity contribution in [3.63, 3.8) is 0 Å². The summed E-state index contributed by atoms with van der Waals surface area (Å²) in [4.78, 5) is 24.0. The van der Waals surface area contributed by atoms with Gasteiger partial charge in [-0.2, -0.15) is 0 Å². The number of rotatable bonds is 22. The third-order valence-corrected chi connectivity index (χ3v) is 12.1. The van der Waals surface area contributed by atoms with Crippen LogP contribution in [-0.4, -0.2) is 29.6 Å². The molecule has 2 aliphatic rings. The minimum absolute atomic E-state index is 0.0941. The smallest absolute Gasteiger partial charge is 0.338 e. The van der Waals surface area contributed by atoms with Gasteiger partial charge in [0.2, 0.25) is 0 Å². The van der Waals surface area contributed by atoms with Crippen LogP contribution in [0.2, 0.25) is 0 Å². The fourth-order valence-corrected chi connectivity index (χ4v) is 8.65. The molecule has 1 atom stereocenters. The lowest BCUT2D eigenvalue weighted by Gasteiger charge is -2.42. The molecule has 2 saturated carbocycles. The summed E-state index contributed by atoms with van der Waals surface area (Å²) in [5.41, 5.74) is 3.29. The minimum Gasteiger partial charge on any atom is -0.494 e. The average Bonchev–Trinajstić information content (AvgIpc) is 3.16. The zero-order chi connectivity index (χ0) is 37.3. The van der Waals surface area contributed by atoms with Crippen molar-refractivity contribution in [1.29, 1.82) is 0 Å². The van der Waals surface area contributed by atoms with Crippen LogP contribution < -0.4 is 9.47 Å². The van der Waals surface area contributed by atoms with Crippen LogP contribution in [0.1, 0.15) is 160 Å². The van der Waals surface area contributed by atoms with Gasteiger partial charge in [0.25, 0.3) is 0 Å². The van der Waals surface area contributed by atoms with E-state index < -0.39 is 12.1 Å². The number of carbonyl (C=O) groups is 2. The van der Waals surface area contributed by atoms with Crippen LogP contribution in [0.3, 0.4) is 0 Å². The van der Waals surface area contributed by atoms with Gasteiger partial charge in [-0.25, -0.2) is 4.79 Å². The summed E-state index contributed by atoms with van der Waals surface area (Å²) in [6.45, 7) is 13.6. The number of carbonyl (C=O) groups excluding carboxylic acids is 2. The Morgan fingerprint density at radius 3 is 1.77 bits per heavy atom. The lowest BCUT2D eigenvalue weighted by atomic mass is 9.62. The highest BCUT2D eigenvalue weighted by atomic mass is 16.5. The zero-order valence-corrected chi connectivity index (χ0v) is 32.8. The van der Waals surface area contributed by atoms with Crippen LogP contribution >= 0.6 is 0 Å². The highest BCUT2D eigenvalue weighted by molar-refractivity contribution is 5.97. The van der Waals surface area contributed by atoms with Gasteiger partial charge in [0.05, 0.1) is 6.61 Å². The lowest BCUT2D eigenvalue weighted by molar-refractivity contribution is -0.130. The van der Waals surface area contributed by atoms with Gasteiger partial charge in [-0.05, 0) is 118 Å². The van der Waals surface area contributed by atoms with Crippen LogP contribution in [0.15, 0.2) is 72.8 Å². The van der Waals surface area contributed by atoms with E-state index in [2.05, 4.69) is 56.5 Å². The number of hydrogen-bond donors (Lipinski definition) is 1. The number of benzene rings is 2. The summed E-state index contributed by atoms with van der Waals surface area (Å²) in [6.07, 6.45) is 23.7. The number of hydrogen-bond acceptors (Lipinski definition) is 5. The highest BCUT2D eigenvalue weighted by Crippen LogP contribution is 2.48. The molecular weight excluding hydrogens is 645 g/mol. The predicted octanol–water partition coefficient (Wildman–Crippen LogP) is 12.0. The number of aliphatic hydroxyl groups excluding tert-OH is 1. The number of ketones is 1. The first-order valence-electron chi connectivity index (χ1n) is 20.7. The van der Waals surface area contributed by atoms with E-state index in [1.807, 2.05) is 12.1 Å². The summed E-state index contributed by atoms with van der Waals surface area (Å²) in [7, 11) is 0. The molecule has 1 unspecified atom stereocenters. The van der Waals surface area contributed by atoms with Gasteiger partial charge in [-0.3, -0.25) is 4.79 Å². The van der Waals surface area contributed by atoms with Crippen molar-refractivity contribution in [2.24, 2.45) is 17.8 Å². The Balaban J connectivity index is 1.31. The molecule has 5 nitrogen and oxygen atoms in total. The molecule has 2 fully saturated rings. The van der Waals surface area contributed by atoms with Gasteiger partial charge in [0, 0.05) is 11.0 Å². The molecule has 5 heteroatoms. The average molecular weight is 713 g/mol. The van der Waals surface area contributed by atoms with Crippen LogP contribution in [-0.2, 0) is 15.0 Å². The summed E-state index contributed by atoms with van der Waals surface area (Å²) < 4.78 is 11.6. The van der Waals surface area contributed by atoms with E-state index in [1.165, 1.54) is 101 Å². The largest absolute Gasteiger partial charge is 0.494 e. The maximum Gasteiger partial charge on any atom is 0.338 e. The highest BCUT2D eigenvalue weighted by Gasteiger charge is 2.38. The molecule has 2 aromatic carbocycles. The SMILES string of the molecule is C=C(C)C(=O)Oc1ccc(C2(c3ccc(OCCCCCC(O)C(=O)C(=C)C)cc3)CCC(CCC3CCC(CCCCCCC)CC3)CC2)cc1. The third-order valence-electron chi connectivity index (χ3n) is 12.1. The number of Topliss-reactive ketones (excluding diaryl/α,β-unsaturated/α-hetero) is 1. The molecule has 0 amide bonds. The number of ether oxygens (including phenoxy) is 2. The molecule has 286 valence electrons. The summed E-state index contributed by atoms with van der Waals surface area (Å²) in [5, 5.41) is 10.0. The topological polar surface area (TPSA) is 72.8 Å². The fraction of sp³-hybridized carbons (Fsp3) is 0.617. The first-order valence-corrected chi connectivity index (χ1v) is 20.7. The Morgan fingerprint density at radius 1 is 0.692 bits per heavy atom. The molecular formula is C47H68O5. The zero-order valence-electron chi connectivity index (χ0n) is 32.8. The Bertz CT molecular complexity index is 1390. The Morgan fingerprint density at radius 2 is 1.21 bits per heavy atom. The summed E-state index contributed by atoms with van der Waals surface area (Å²) in [5.74, 6) is 3.42. The minimum atomic E-state index is -0.949. The van der Waals surface area contributed by atoms with E-state index >= 15 is 0 Å². The molecule has 0 aliphatic heterocycles. The third kappa shape index (κ3) is 12.7. The molecule has 0 bridgehead atoms. The Labute approximate surface area is 315 Å². The number of esters is 1. The van der Waals surface area contributed by atoms with Crippen molar-refractivity contribution in [3.8, 4) is 11.5 Å². The molecule has 0 heterocycles. The first-order chi connectivity index (χ1) is 25.1. The van der Waals surface area contributed by atoms with Gasteiger partial charge in [0.1, 0.15) is 17.6 Å². The van der Waals surface area contributed by atoms with Crippen LogP contribution in [0.4, 0.5) is 0 Å². The molecule has 1 N–H and O–H groups in total. The van der Waals surface area contributed by atoms with Crippen LogP contribution in [0, 0.1) is 17.8 Å². The van der Waals surface area contributed by atoms with Crippen molar-refractivity contribution in [1.82, 2.24) is 0 Å². The standard InChI is InChI=1S/C47H68O5/c1-6-7-8-9-11-14-37-16-18-38(19-17-37)20-21-39-30-32-47(33-31-39,41-24-28-43(29-25-41)52-46(50)36(4)5)40-22-26-42(27-23-40)51-34-13-10-12-15-44(48)45(49)35(2)3/h22-29,37-39,44,48H,2,4,6-21,30-34H2,1,3,5H3. The molecule has 52 heavy (non-hydrogen) atoms. The maximum absolute atomic E-state index is 12.2. The molecule has 2 aromatic rings. The molecule has 0 saturated heterocycles. The van der Waals surface area contributed by atoms with E-state index in [0.29, 0.717) is 29.9 Å². The fourth-order valence-electron chi connectivity index (χ4n) is 8.65. The van der Waals surface area contributed by atoms with Crippen molar-refractivity contribution >= 4 is 11.8 Å². The van der Waals surface area contributed by atoms with E-state index in [0.717, 1.165) is 55.6 Å². The second-order valence-electron chi connectivity index (χ2n) is 16.3. The first kappa shape index (κ1) is 41.6. The summed E-state index contributed by atoms with van der Waals surface area (Å²) >= 11 is 0. The van der Waals surface area contributed by atoms with Crippen molar-refractivity contribution in [3.05, 3.63) is 84.0 Å². The Hall–Kier alpha value is -3.18. The van der Waals surface area contributed by atoms with Crippen molar-refractivity contribution in [2.45, 2.75) is 161 Å². The maximum atomic E-state index is 12.2.